The summed E-state index contributed by atoms with van der Waals surface area (Å²) in [5.74, 6) is 1.65. The first-order chi connectivity index (χ1) is 13.2. The summed E-state index contributed by atoms with van der Waals surface area (Å²) in [7, 11) is 3.16. The molecule has 0 aliphatic carbocycles. The average Bonchev–Trinajstić information content (AvgIpc) is 2.71. The van der Waals surface area contributed by atoms with Crippen molar-refractivity contribution >= 4 is 11.6 Å². The number of nitrogens with zero attached hydrogens (tertiary/aromatic N) is 1. The number of hydrogen-bond acceptors (Lipinski definition) is 6. The summed E-state index contributed by atoms with van der Waals surface area (Å²) in [4.78, 5) is 12.1. The van der Waals surface area contributed by atoms with Crippen LogP contribution < -0.4 is 24.8 Å². The fourth-order valence-electron chi connectivity index (χ4n) is 2.10. The van der Waals surface area contributed by atoms with Crippen molar-refractivity contribution < 1.29 is 19.0 Å². The number of anilines is 1. The second-order valence-electron chi connectivity index (χ2n) is 5.33. The van der Waals surface area contributed by atoms with Crippen LogP contribution in [0.3, 0.4) is 0 Å². The van der Waals surface area contributed by atoms with Crippen molar-refractivity contribution in [3.63, 3.8) is 0 Å². The number of carbonyl (C=O) groups is 1. The van der Waals surface area contributed by atoms with E-state index in [-0.39, 0.29) is 5.57 Å². The lowest BCUT2D eigenvalue weighted by atomic mass is 10.2. The number of rotatable bonds is 9. The molecule has 2 N–H and O–H groups in total. The van der Waals surface area contributed by atoms with E-state index in [9.17, 15) is 4.79 Å². The van der Waals surface area contributed by atoms with E-state index in [1.807, 2.05) is 6.07 Å². The predicted molar refractivity (Wildman–Crippen MR) is 102 cm³/mol. The summed E-state index contributed by atoms with van der Waals surface area (Å²) >= 11 is 0. The van der Waals surface area contributed by atoms with Crippen molar-refractivity contribution in [3.05, 3.63) is 60.3 Å². The molecule has 0 radical (unpaired) electrons. The number of nitrogens with one attached hydrogen (secondary N) is 2. The van der Waals surface area contributed by atoms with Crippen LogP contribution in [0.2, 0.25) is 0 Å². The first-order valence-corrected chi connectivity index (χ1v) is 8.22. The largest absolute Gasteiger partial charge is 0.497 e. The minimum absolute atomic E-state index is 0.0322. The van der Waals surface area contributed by atoms with Gasteiger partial charge < -0.3 is 24.8 Å². The Balaban J connectivity index is 1.78. The normalized spacial score (nSPS) is 10.5. The minimum atomic E-state index is -0.494. The highest BCUT2D eigenvalue weighted by atomic mass is 16.5. The van der Waals surface area contributed by atoms with Gasteiger partial charge >= 0.3 is 0 Å². The molecule has 0 atom stereocenters. The first-order valence-electron chi connectivity index (χ1n) is 8.22. The third-order valence-corrected chi connectivity index (χ3v) is 3.53. The highest BCUT2D eigenvalue weighted by Gasteiger charge is 2.09. The van der Waals surface area contributed by atoms with E-state index in [2.05, 4.69) is 10.6 Å². The van der Waals surface area contributed by atoms with E-state index in [0.29, 0.717) is 30.3 Å². The van der Waals surface area contributed by atoms with Gasteiger partial charge in [0, 0.05) is 18.4 Å². The number of nitriles is 1. The molecule has 140 valence electrons. The number of carbonyl (C=O) groups excluding carboxylic acids is 1. The third kappa shape index (κ3) is 6.29. The molecule has 7 heteroatoms. The quantitative estimate of drug-likeness (QED) is 0.402. The van der Waals surface area contributed by atoms with Crippen molar-refractivity contribution in [2.24, 2.45) is 0 Å². The molecular formula is C20H21N3O4. The summed E-state index contributed by atoms with van der Waals surface area (Å²) in [6.45, 7) is 0.814. The van der Waals surface area contributed by atoms with Crippen LogP contribution in [0.5, 0.6) is 17.2 Å². The van der Waals surface area contributed by atoms with Crippen molar-refractivity contribution in [1.82, 2.24) is 5.32 Å². The maximum absolute atomic E-state index is 12.1. The fourth-order valence-corrected chi connectivity index (χ4v) is 2.10. The number of methoxy groups -OCH3 is 2. The molecule has 0 aliphatic rings. The lowest BCUT2D eigenvalue weighted by Gasteiger charge is -2.08. The Bertz CT molecular complexity index is 809. The van der Waals surface area contributed by atoms with Crippen LogP contribution in [-0.4, -0.2) is 33.3 Å². The Morgan fingerprint density at radius 3 is 2.11 bits per heavy atom. The van der Waals surface area contributed by atoms with E-state index in [4.69, 9.17) is 19.5 Å². The van der Waals surface area contributed by atoms with Gasteiger partial charge in [-0.25, -0.2) is 0 Å². The van der Waals surface area contributed by atoms with Gasteiger partial charge in [-0.15, -0.1) is 0 Å². The summed E-state index contributed by atoms with van der Waals surface area (Å²) in [6, 6.07) is 15.9. The summed E-state index contributed by atoms with van der Waals surface area (Å²) in [6.07, 6.45) is 1.37. The standard InChI is InChI=1S/C20H21N3O4/c1-25-17-5-3-16(4-6-17)23-20(24)15(13-21)14-22-11-12-27-19-9-7-18(26-2)8-10-19/h3-10,14,22H,11-12H2,1-2H3,(H,23,24)/b15-14-. The van der Waals surface area contributed by atoms with Crippen LogP contribution in [0.15, 0.2) is 60.3 Å². The maximum Gasteiger partial charge on any atom is 0.267 e. The van der Waals surface area contributed by atoms with E-state index in [1.165, 1.54) is 6.20 Å². The molecule has 0 spiro atoms. The lowest BCUT2D eigenvalue weighted by molar-refractivity contribution is -0.112. The zero-order valence-electron chi connectivity index (χ0n) is 15.2. The van der Waals surface area contributed by atoms with E-state index < -0.39 is 5.91 Å². The topological polar surface area (TPSA) is 92.6 Å². The molecule has 0 unspecified atom stereocenters. The Hall–Kier alpha value is -3.66. The monoisotopic (exact) mass is 367 g/mol. The fraction of sp³-hybridized carbons (Fsp3) is 0.200. The Morgan fingerprint density at radius 1 is 1.00 bits per heavy atom. The number of ether oxygens (including phenoxy) is 3. The predicted octanol–water partition coefficient (Wildman–Crippen LogP) is 2.72. The zero-order chi connectivity index (χ0) is 19.5. The third-order valence-electron chi connectivity index (χ3n) is 3.53. The molecule has 0 aromatic heterocycles. The summed E-state index contributed by atoms with van der Waals surface area (Å²) in [5.41, 5.74) is 0.542. The van der Waals surface area contributed by atoms with Crippen LogP contribution in [0, 0.1) is 11.3 Å². The van der Waals surface area contributed by atoms with Gasteiger partial charge in [-0.1, -0.05) is 0 Å². The van der Waals surface area contributed by atoms with Crippen molar-refractivity contribution in [3.8, 4) is 23.3 Å². The van der Waals surface area contributed by atoms with Crippen LogP contribution in [-0.2, 0) is 4.79 Å². The van der Waals surface area contributed by atoms with Crippen molar-refractivity contribution in [2.45, 2.75) is 0 Å². The molecule has 0 saturated carbocycles. The highest BCUT2D eigenvalue weighted by molar-refractivity contribution is 6.06. The molecular weight excluding hydrogens is 346 g/mol. The SMILES string of the molecule is COc1ccc(NC(=O)/C(C#N)=C\NCCOc2ccc(OC)cc2)cc1. The zero-order valence-corrected chi connectivity index (χ0v) is 15.2. The molecule has 7 nitrogen and oxygen atoms in total. The number of hydrogen-bond donors (Lipinski definition) is 2. The van der Waals surface area contributed by atoms with Gasteiger partial charge in [0.25, 0.3) is 5.91 Å². The average molecular weight is 367 g/mol. The molecule has 2 aromatic rings. The smallest absolute Gasteiger partial charge is 0.267 e. The second kappa shape index (κ2) is 10.4. The van der Waals surface area contributed by atoms with Crippen LogP contribution >= 0.6 is 0 Å². The second-order valence-corrected chi connectivity index (χ2v) is 5.33. The molecule has 1 amide bonds. The van der Waals surface area contributed by atoms with Gasteiger partial charge in [-0.05, 0) is 48.5 Å². The Kier molecular flexibility index (Phi) is 7.54. The maximum atomic E-state index is 12.1. The summed E-state index contributed by atoms with van der Waals surface area (Å²) in [5, 5.41) is 14.7. The molecule has 0 saturated heterocycles. The van der Waals surface area contributed by atoms with Gasteiger partial charge in [0.1, 0.15) is 35.5 Å². The van der Waals surface area contributed by atoms with Gasteiger partial charge in [0.05, 0.1) is 14.2 Å². The van der Waals surface area contributed by atoms with E-state index in [0.717, 1.165) is 5.75 Å². The van der Waals surface area contributed by atoms with Gasteiger partial charge in [-0.3, -0.25) is 4.79 Å². The lowest BCUT2D eigenvalue weighted by Crippen LogP contribution is -2.20. The van der Waals surface area contributed by atoms with Crippen LogP contribution in [0.25, 0.3) is 0 Å². The molecule has 0 bridgehead atoms. The van der Waals surface area contributed by atoms with Crippen LogP contribution in [0.1, 0.15) is 0 Å². The van der Waals surface area contributed by atoms with Crippen LogP contribution in [0.4, 0.5) is 5.69 Å². The Morgan fingerprint density at radius 2 is 1.56 bits per heavy atom. The molecule has 2 aromatic carbocycles. The highest BCUT2D eigenvalue weighted by Crippen LogP contribution is 2.17. The van der Waals surface area contributed by atoms with Gasteiger partial charge in [-0.2, -0.15) is 5.26 Å². The van der Waals surface area contributed by atoms with Gasteiger partial charge in [0.2, 0.25) is 0 Å². The van der Waals surface area contributed by atoms with E-state index in [1.54, 1.807) is 62.8 Å². The summed E-state index contributed by atoms with van der Waals surface area (Å²) < 4.78 is 15.7. The molecule has 2 rings (SSSR count). The number of amides is 1. The van der Waals surface area contributed by atoms with Crippen molar-refractivity contribution in [2.75, 3.05) is 32.7 Å². The first kappa shape index (κ1) is 19.7. The number of benzene rings is 2. The molecule has 27 heavy (non-hydrogen) atoms. The molecule has 0 aliphatic heterocycles. The van der Waals surface area contributed by atoms with E-state index >= 15 is 0 Å². The minimum Gasteiger partial charge on any atom is -0.497 e. The molecule has 0 fully saturated rings. The Labute approximate surface area is 158 Å². The van der Waals surface area contributed by atoms with Gasteiger partial charge in [0.15, 0.2) is 0 Å². The molecule has 0 heterocycles. The van der Waals surface area contributed by atoms with Crippen molar-refractivity contribution in [1.29, 1.82) is 5.26 Å².